The number of nitrogens with one attached hydrogen (secondary N) is 1. The Bertz CT molecular complexity index is 1670. The van der Waals surface area contributed by atoms with Crippen LogP contribution in [0.3, 0.4) is 0 Å². The summed E-state index contributed by atoms with van der Waals surface area (Å²) in [5.74, 6) is -0.347. The highest BCUT2D eigenvalue weighted by atomic mass is 16.1. The van der Waals surface area contributed by atoms with Gasteiger partial charge in [-0.25, -0.2) is 0 Å². The number of aromatic nitrogens is 4. The van der Waals surface area contributed by atoms with Crippen LogP contribution in [0, 0.1) is 0 Å². The molecule has 0 unspecified atom stereocenters. The summed E-state index contributed by atoms with van der Waals surface area (Å²) in [6.07, 6.45) is 3.94. The molecule has 6 heteroatoms. The van der Waals surface area contributed by atoms with Crippen LogP contribution in [0.15, 0.2) is 85.2 Å². The van der Waals surface area contributed by atoms with Crippen LogP contribution in [0.25, 0.3) is 55.1 Å². The fraction of sp³-hybridized carbons (Fsp3) is 0.0370. The van der Waals surface area contributed by atoms with E-state index in [1.165, 1.54) is 0 Å². The van der Waals surface area contributed by atoms with Crippen molar-refractivity contribution in [3.63, 3.8) is 0 Å². The number of carbonyl (C=O) groups is 1. The summed E-state index contributed by atoms with van der Waals surface area (Å²) in [5, 5.41) is 10.8. The minimum Gasteiger partial charge on any atom is -0.369 e. The molecule has 0 atom stereocenters. The van der Waals surface area contributed by atoms with Gasteiger partial charge in [-0.05, 0) is 35.4 Å². The number of primary amides is 1. The van der Waals surface area contributed by atoms with E-state index in [2.05, 4.69) is 44.4 Å². The van der Waals surface area contributed by atoms with Gasteiger partial charge in [0.05, 0.1) is 29.2 Å². The Kier molecular flexibility index (Phi) is 4.36. The van der Waals surface area contributed by atoms with E-state index in [1.807, 2.05) is 60.9 Å². The molecule has 3 heterocycles. The Morgan fingerprint density at radius 1 is 0.818 bits per heavy atom. The second kappa shape index (κ2) is 7.53. The Morgan fingerprint density at radius 2 is 1.61 bits per heavy atom. The van der Waals surface area contributed by atoms with Crippen LogP contribution < -0.4 is 5.73 Å². The third-order valence-corrected chi connectivity index (χ3v) is 5.92. The highest BCUT2D eigenvalue weighted by molar-refractivity contribution is 6.11. The normalized spacial score (nSPS) is 11.4. The number of hydrogen-bond donors (Lipinski definition) is 2. The molecule has 0 saturated heterocycles. The molecule has 6 aromatic rings. The molecule has 0 radical (unpaired) electrons. The zero-order valence-electron chi connectivity index (χ0n) is 17.6. The molecule has 0 bridgehead atoms. The molecule has 0 saturated carbocycles. The third-order valence-electron chi connectivity index (χ3n) is 5.92. The SMILES string of the molecule is NC(=O)Cc1ccc(-c2n[nH]c3cnc4ccc(-c5cnc6ccccc6c5)cc4c23)cc1. The standard InChI is InChI=1S/C27H19N5O/c28-25(33)11-16-5-7-17(8-6-16)27-26-21-13-18(9-10-23(21)30-15-24(26)31-32-27)20-12-19-3-1-2-4-22(19)29-14-20/h1-10,12-15H,11H2,(H2,28,33)(H,31,32). The number of amides is 1. The first-order chi connectivity index (χ1) is 16.2. The predicted octanol–water partition coefficient (Wildman–Crippen LogP) is 5.02. The number of para-hydroxylation sites is 1. The minimum absolute atomic E-state index is 0.220. The van der Waals surface area contributed by atoms with Gasteiger partial charge in [-0.1, -0.05) is 48.5 Å². The van der Waals surface area contributed by atoms with Crippen LogP contribution in [0.2, 0.25) is 0 Å². The van der Waals surface area contributed by atoms with Crippen molar-refractivity contribution in [1.29, 1.82) is 0 Å². The van der Waals surface area contributed by atoms with Crippen LogP contribution >= 0.6 is 0 Å². The van der Waals surface area contributed by atoms with Crippen molar-refractivity contribution in [2.24, 2.45) is 5.73 Å². The van der Waals surface area contributed by atoms with Crippen molar-refractivity contribution in [1.82, 2.24) is 20.2 Å². The number of benzene rings is 3. The molecule has 6 rings (SSSR count). The number of nitrogens with two attached hydrogens (primary N) is 1. The second-order valence-corrected chi connectivity index (χ2v) is 8.11. The van der Waals surface area contributed by atoms with Crippen molar-refractivity contribution in [2.75, 3.05) is 0 Å². The highest BCUT2D eigenvalue weighted by Gasteiger charge is 2.14. The summed E-state index contributed by atoms with van der Waals surface area (Å²) in [5.41, 5.74) is 12.9. The van der Waals surface area contributed by atoms with Crippen LogP contribution in [-0.2, 0) is 11.2 Å². The molecule has 3 aromatic heterocycles. The first kappa shape index (κ1) is 19.1. The maximum absolute atomic E-state index is 11.2. The van der Waals surface area contributed by atoms with E-state index in [0.29, 0.717) is 0 Å². The molecule has 33 heavy (non-hydrogen) atoms. The van der Waals surface area contributed by atoms with Crippen LogP contribution in [-0.4, -0.2) is 26.1 Å². The van der Waals surface area contributed by atoms with Crippen LogP contribution in [0.4, 0.5) is 0 Å². The second-order valence-electron chi connectivity index (χ2n) is 8.11. The zero-order chi connectivity index (χ0) is 22.4. The average Bonchev–Trinajstić information content (AvgIpc) is 3.28. The lowest BCUT2D eigenvalue weighted by Gasteiger charge is -2.07. The quantitative estimate of drug-likeness (QED) is 0.411. The highest BCUT2D eigenvalue weighted by Crippen LogP contribution is 2.34. The minimum atomic E-state index is -0.347. The Balaban J connectivity index is 1.51. The summed E-state index contributed by atoms with van der Waals surface area (Å²) in [4.78, 5) is 20.4. The molecule has 0 aliphatic carbocycles. The molecule has 0 aliphatic heterocycles. The van der Waals surface area contributed by atoms with Gasteiger partial charge < -0.3 is 5.73 Å². The maximum atomic E-state index is 11.2. The van der Waals surface area contributed by atoms with Gasteiger partial charge in [0.2, 0.25) is 5.91 Å². The molecule has 3 aromatic carbocycles. The zero-order valence-corrected chi connectivity index (χ0v) is 17.6. The number of rotatable bonds is 4. The number of pyridine rings is 2. The molecule has 0 fully saturated rings. The van der Waals surface area contributed by atoms with Gasteiger partial charge in [-0.3, -0.25) is 19.9 Å². The first-order valence-corrected chi connectivity index (χ1v) is 10.7. The van der Waals surface area contributed by atoms with Gasteiger partial charge in [-0.2, -0.15) is 5.10 Å². The van der Waals surface area contributed by atoms with Gasteiger partial charge in [0.25, 0.3) is 0 Å². The molecule has 0 spiro atoms. The molecule has 3 N–H and O–H groups in total. The summed E-state index contributed by atoms with van der Waals surface area (Å²) < 4.78 is 0. The smallest absolute Gasteiger partial charge is 0.221 e. The largest absolute Gasteiger partial charge is 0.369 e. The van der Waals surface area contributed by atoms with E-state index < -0.39 is 0 Å². The van der Waals surface area contributed by atoms with E-state index >= 15 is 0 Å². The lowest BCUT2D eigenvalue weighted by Crippen LogP contribution is -2.13. The van der Waals surface area contributed by atoms with E-state index in [9.17, 15) is 4.79 Å². The van der Waals surface area contributed by atoms with Crippen LogP contribution in [0.1, 0.15) is 5.56 Å². The van der Waals surface area contributed by atoms with Gasteiger partial charge in [0, 0.05) is 33.5 Å². The lowest BCUT2D eigenvalue weighted by molar-refractivity contribution is -0.117. The van der Waals surface area contributed by atoms with Crippen molar-refractivity contribution in [3.05, 3.63) is 90.8 Å². The van der Waals surface area contributed by atoms with Crippen LogP contribution in [0.5, 0.6) is 0 Å². The first-order valence-electron chi connectivity index (χ1n) is 10.7. The van der Waals surface area contributed by atoms with Gasteiger partial charge >= 0.3 is 0 Å². The summed E-state index contributed by atoms with van der Waals surface area (Å²) in [6.45, 7) is 0. The lowest BCUT2D eigenvalue weighted by atomic mass is 9.99. The van der Waals surface area contributed by atoms with E-state index in [0.717, 1.165) is 60.7 Å². The fourth-order valence-electron chi connectivity index (χ4n) is 4.30. The van der Waals surface area contributed by atoms with Crippen molar-refractivity contribution >= 4 is 38.6 Å². The predicted molar refractivity (Wildman–Crippen MR) is 130 cm³/mol. The number of hydrogen-bond acceptors (Lipinski definition) is 4. The number of nitrogens with zero attached hydrogens (tertiary/aromatic N) is 3. The van der Waals surface area contributed by atoms with E-state index in [1.54, 1.807) is 0 Å². The van der Waals surface area contributed by atoms with Crippen molar-refractivity contribution in [3.8, 4) is 22.4 Å². The molecule has 158 valence electrons. The summed E-state index contributed by atoms with van der Waals surface area (Å²) in [6, 6.07) is 24.3. The maximum Gasteiger partial charge on any atom is 0.221 e. The number of H-pyrrole nitrogens is 1. The molecule has 1 amide bonds. The molecular formula is C27H19N5O. The van der Waals surface area contributed by atoms with Gasteiger partial charge in [-0.15, -0.1) is 0 Å². The molecular weight excluding hydrogens is 410 g/mol. The Hall–Kier alpha value is -4.58. The van der Waals surface area contributed by atoms with Gasteiger partial charge in [0.15, 0.2) is 0 Å². The van der Waals surface area contributed by atoms with Crippen molar-refractivity contribution < 1.29 is 4.79 Å². The van der Waals surface area contributed by atoms with E-state index in [-0.39, 0.29) is 12.3 Å². The molecule has 6 nitrogen and oxygen atoms in total. The topological polar surface area (TPSA) is 97.6 Å². The van der Waals surface area contributed by atoms with Gasteiger partial charge in [0.1, 0.15) is 5.69 Å². The Morgan fingerprint density at radius 3 is 2.45 bits per heavy atom. The number of carbonyl (C=O) groups excluding carboxylic acids is 1. The summed E-state index contributed by atoms with van der Waals surface area (Å²) in [7, 11) is 0. The van der Waals surface area contributed by atoms with E-state index in [4.69, 9.17) is 5.73 Å². The Labute approximate surface area is 189 Å². The third kappa shape index (κ3) is 3.38. The fourth-order valence-corrected chi connectivity index (χ4v) is 4.30. The monoisotopic (exact) mass is 429 g/mol. The average molecular weight is 429 g/mol. The summed E-state index contributed by atoms with van der Waals surface area (Å²) >= 11 is 0. The molecule has 0 aliphatic rings. The van der Waals surface area contributed by atoms with Crippen molar-refractivity contribution in [2.45, 2.75) is 6.42 Å². The number of fused-ring (bicyclic) bond motifs is 4. The number of aromatic amines is 1.